The Hall–Kier alpha value is -2.50. The standard InChI is InChI=1S/C18H26N4O6S/c1-2-3-8-20-17(23)13-16(19)21-28-18(24)14-4-6-15(7-5-14)29(25,26)22-9-11-27-12-10-22/h4-7H,2-3,8-13H2,1H3,(H2,19,21)(H,20,23). The number of morpholine rings is 1. The van der Waals surface area contributed by atoms with Crippen LogP contribution in [0.5, 0.6) is 0 Å². The molecule has 2 rings (SSSR count). The molecule has 10 nitrogen and oxygen atoms in total. The van der Waals surface area contributed by atoms with Crippen molar-refractivity contribution in [1.29, 1.82) is 0 Å². The van der Waals surface area contributed by atoms with Gasteiger partial charge in [0.15, 0.2) is 0 Å². The van der Waals surface area contributed by atoms with Gasteiger partial charge in [0.25, 0.3) is 0 Å². The van der Waals surface area contributed by atoms with Gasteiger partial charge >= 0.3 is 5.97 Å². The monoisotopic (exact) mass is 426 g/mol. The molecule has 0 unspecified atom stereocenters. The molecule has 0 bridgehead atoms. The third-order valence-corrected chi connectivity index (χ3v) is 6.05. The van der Waals surface area contributed by atoms with Gasteiger partial charge in [-0.25, -0.2) is 13.2 Å². The molecule has 160 valence electrons. The average Bonchev–Trinajstić information content (AvgIpc) is 2.73. The summed E-state index contributed by atoms with van der Waals surface area (Å²) in [7, 11) is -3.64. The molecule has 1 aromatic rings. The molecule has 1 amide bonds. The zero-order valence-corrected chi connectivity index (χ0v) is 17.1. The highest BCUT2D eigenvalue weighted by molar-refractivity contribution is 7.89. The lowest BCUT2D eigenvalue weighted by atomic mass is 10.2. The number of amidine groups is 1. The minimum Gasteiger partial charge on any atom is -0.384 e. The molecule has 11 heteroatoms. The van der Waals surface area contributed by atoms with Crippen molar-refractivity contribution < 1.29 is 27.6 Å². The van der Waals surface area contributed by atoms with Gasteiger partial charge in [-0.1, -0.05) is 18.5 Å². The smallest absolute Gasteiger partial charge is 0.365 e. The number of hydrogen-bond acceptors (Lipinski definition) is 7. The number of hydrogen-bond donors (Lipinski definition) is 2. The Morgan fingerprint density at radius 2 is 1.90 bits per heavy atom. The Morgan fingerprint density at radius 1 is 1.24 bits per heavy atom. The van der Waals surface area contributed by atoms with Gasteiger partial charge in [-0.05, 0) is 30.7 Å². The maximum absolute atomic E-state index is 12.6. The number of carbonyl (C=O) groups is 2. The molecule has 1 aliphatic heterocycles. The van der Waals surface area contributed by atoms with Crippen LogP contribution in [-0.4, -0.2) is 63.3 Å². The molecule has 1 saturated heterocycles. The van der Waals surface area contributed by atoms with Crippen molar-refractivity contribution in [2.24, 2.45) is 10.9 Å². The van der Waals surface area contributed by atoms with Crippen molar-refractivity contribution in [1.82, 2.24) is 9.62 Å². The molecule has 0 aliphatic carbocycles. The molecule has 0 spiro atoms. The van der Waals surface area contributed by atoms with E-state index in [4.69, 9.17) is 15.3 Å². The summed E-state index contributed by atoms with van der Waals surface area (Å²) in [5, 5.41) is 6.13. The van der Waals surface area contributed by atoms with E-state index in [1.807, 2.05) is 6.92 Å². The molecule has 1 aromatic carbocycles. The van der Waals surface area contributed by atoms with Crippen molar-refractivity contribution >= 4 is 27.7 Å². The van der Waals surface area contributed by atoms with E-state index in [-0.39, 0.29) is 41.7 Å². The van der Waals surface area contributed by atoms with Gasteiger partial charge in [0.1, 0.15) is 5.84 Å². The maximum atomic E-state index is 12.6. The van der Waals surface area contributed by atoms with Crippen LogP contribution >= 0.6 is 0 Å². The van der Waals surface area contributed by atoms with E-state index in [2.05, 4.69) is 10.5 Å². The molecule has 0 saturated carbocycles. The first-order valence-electron chi connectivity index (χ1n) is 9.33. The fraction of sp³-hybridized carbons (Fsp3) is 0.500. The van der Waals surface area contributed by atoms with E-state index in [1.165, 1.54) is 28.6 Å². The number of benzene rings is 1. The molecule has 0 atom stereocenters. The summed E-state index contributed by atoms with van der Waals surface area (Å²) in [6.07, 6.45) is 1.62. The van der Waals surface area contributed by atoms with Crippen molar-refractivity contribution in [3.8, 4) is 0 Å². The van der Waals surface area contributed by atoms with Crippen molar-refractivity contribution in [3.05, 3.63) is 29.8 Å². The maximum Gasteiger partial charge on any atom is 0.365 e. The van der Waals surface area contributed by atoms with Crippen LogP contribution in [0.2, 0.25) is 0 Å². The fourth-order valence-electron chi connectivity index (χ4n) is 2.52. The lowest BCUT2D eigenvalue weighted by Gasteiger charge is -2.26. The second kappa shape index (κ2) is 10.9. The number of nitrogens with zero attached hydrogens (tertiary/aromatic N) is 2. The van der Waals surface area contributed by atoms with Gasteiger partial charge < -0.3 is 20.6 Å². The molecule has 29 heavy (non-hydrogen) atoms. The first kappa shape index (κ1) is 22.8. The summed E-state index contributed by atoms with van der Waals surface area (Å²) >= 11 is 0. The zero-order chi connectivity index (χ0) is 21.3. The van der Waals surface area contributed by atoms with Gasteiger partial charge in [-0.3, -0.25) is 4.79 Å². The Labute approximate surface area is 170 Å². The number of carbonyl (C=O) groups excluding carboxylic acids is 2. The summed E-state index contributed by atoms with van der Waals surface area (Å²) in [6, 6.07) is 5.32. The van der Waals surface area contributed by atoms with Gasteiger partial charge in [0.05, 0.1) is 30.1 Å². The van der Waals surface area contributed by atoms with E-state index in [9.17, 15) is 18.0 Å². The summed E-state index contributed by atoms with van der Waals surface area (Å²) in [5.41, 5.74) is 5.69. The normalized spacial score (nSPS) is 15.7. The van der Waals surface area contributed by atoms with Crippen LogP contribution in [0.4, 0.5) is 0 Å². The van der Waals surface area contributed by atoms with Gasteiger partial charge in [-0.15, -0.1) is 0 Å². The van der Waals surface area contributed by atoms with E-state index in [0.717, 1.165) is 12.8 Å². The number of sulfonamides is 1. The number of unbranched alkanes of at least 4 members (excludes halogenated alkanes) is 1. The van der Waals surface area contributed by atoms with Crippen LogP contribution in [-0.2, 0) is 24.4 Å². The Kier molecular flexibility index (Phi) is 8.55. The van der Waals surface area contributed by atoms with Crippen molar-refractivity contribution in [2.45, 2.75) is 31.1 Å². The predicted octanol–water partition coefficient (Wildman–Crippen LogP) is 0.443. The second-order valence-electron chi connectivity index (χ2n) is 6.38. The number of ether oxygens (including phenoxy) is 1. The molecule has 1 heterocycles. The first-order chi connectivity index (χ1) is 13.8. The third-order valence-electron chi connectivity index (χ3n) is 4.14. The molecule has 0 aromatic heterocycles. The molecular formula is C18H26N4O6S. The Bertz CT molecular complexity index is 832. The predicted molar refractivity (Wildman–Crippen MR) is 106 cm³/mol. The zero-order valence-electron chi connectivity index (χ0n) is 16.3. The lowest BCUT2D eigenvalue weighted by Crippen LogP contribution is -2.40. The summed E-state index contributed by atoms with van der Waals surface area (Å²) in [5.74, 6) is -1.26. The van der Waals surface area contributed by atoms with Gasteiger partial charge in [0.2, 0.25) is 15.9 Å². The van der Waals surface area contributed by atoms with Crippen LogP contribution in [0, 0.1) is 0 Å². The lowest BCUT2D eigenvalue weighted by molar-refractivity contribution is -0.119. The van der Waals surface area contributed by atoms with E-state index < -0.39 is 16.0 Å². The summed E-state index contributed by atoms with van der Waals surface area (Å²) in [6.45, 7) is 3.81. The summed E-state index contributed by atoms with van der Waals surface area (Å²) in [4.78, 5) is 28.5. The van der Waals surface area contributed by atoms with Crippen molar-refractivity contribution in [3.63, 3.8) is 0 Å². The number of nitrogens with two attached hydrogens (primary N) is 1. The topological polar surface area (TPSA) is 140 Å². The van der Waals surface area contributed by atoms with Crippen LogP contribution in [0.1, 0.15) is 36.5 Å². The minimum atomic E-state index is -3.64. The molecule has 0 radical (unpaired) electrons. The largest absolute Gasteiger partial charge is 0.384 e. The number of nitrogens with one attached hydrogen (secondary N) is 1. The second-order valence-corrected chi connectivity index (χ2v) is 8.32. The fourth-order valence-corrected chi connectivity index (χ4v) is 3.92. The number of oxime groups is 1. The molecular weight excluding hydrogens is 400 g/mol. The van der Waals surface area contributed by atoms with E-state index >= 15 is 0 Å². The average molecular weight is 426 g/mol. The van der Waals surface area contributed by atoms with Gasteiger partial charge in [-0.2, -0.15) is 4.31 Å². The van der Waals surface area contributed by atoms with Crippen LogP contribution in [0.25, 0.3) is 0 Å². The SMILES string of the molecule is CCCCNC(=O)CC(N)=NOC(=O)c1ccc(S(=O)(=O)N2CCOCC2)cc1. The van der Waals surface area contributed by atoms with Crippen LogP contribution < -0.4 is 11.1 Å². The number of amides is 1. The minimum absolute atomic E-state index is 0.0720. The highest BCUT2D eigenvalue weighted by Gasteiger charge is 2.26. The van der Waals surface area contributed by atoms with Gasteiger partial charge in [0, 0.05) is 19.6 Å². The Balaban J connectivity index is 1.92. The number of rotatable bonds is 9. The molecule has 1 fully saturated rings. The van der Waals surface area contributed by atoms with E-state index in [0.29, 0.717) is 19.8 Å². The van der Waals surface area contributed by atoms with Crippen molar-refractivity contribution in [2.75, 3.05) is 32.8 Å². The highest BCUT2D eigenvalue weighted by atomic mass is 32.2. The highest BCUT2D eigenvalue weighted by Crippen LogP contribution is 2.18. The third kappa shape index (κ3) is 6.80. The molecule has 1 aliphatic rings. The first-order valence-corrected chi connectivity index (χ1v) is 10.8. The van der Waals surface area contributed by atoms with Crippen LogP contribution in [0.15, 0.2) is 34.3 Å². The van der Waals surface area contributed by atoms with Crippen LogP contribution in [0.3, 0.4) is 0 Å². The Morgan fingerprint density at radius 3 is 2.52 bits per heavy atom. The molecule has 3 N–H and O–H groups in total. The van der Waals surface area contributed by atoms with E-state index in [1.54, 1.807) is 0 Å². The quantitative estimate of drug-likeness (QED) is 0.192. The summed E-state index contributed by atoms with van der Waals surface area (Å²) < 4.78 is 31.6.